The largest absolute Gasteiger partial charge is 0.333 e. The Morgan fingerprint density at radius 3 is 2.54 bits per heavy atom. The van der Waals surface area contributed by atoms with Crippen molar-refractivity contribution in [1.29, 1.82) is 0 Å². The molecule has 0 saturated heterocycles. The number of benzene rings is 1. The van der Waals surface area contributed by atoms with Crippen LogP contribution in [0.2, 0.25) is 0 Å². The van der Waals surface area contributed by atoms with Crippen molar-refractivity contribution in [3.05, 3.63) is 59.7 Å². The van der Waals surface area contributed by atoms with E-state index in [1.54, 1.807) is 18.5 Å². The molecule has 28 heavy (non-hydrogen) atoms. The molecule has 0 bridgehead atoms. The lowest BCUT2D eigenvalue weighted by Crippen LogP contribution is -2.09. The third kappa shape index (κ3) is 3.02. The number of hydrogen-bond acceptors (Lipinski definition) is 4. The van der Waals surface area contributed by atoms with Crippen LogP contribution < -0.4 is 5.32 Å². The molecule has 1 atom stereocenters. The summed E-state index contributed by atoms with van der Waals surface area (Å²) in [6.07, 6.45) is 2.33. The fourth-order valence-electron chi connectivity index (χ4n) is 3.01. The molecule has 5 nitrogen and oxygen atoms in total. The number of nitrogens with one attached hydrogen (secondary N) is 1. The number of allylic oxidation sites excluding steroid dienone is 4. The minimum absolute atomic E-state index is 0.00319. The first-order valence-electron chi connectivity index (χ1n) is 8.51. The SMILES string of the molecule is CC1CC(c2nc(Nc3c(F)cccc3F)c3ncn(C)c3n2)=C(F)C=C1F. The van der Waals surface area contributed by atoms with E-state index in [1.165, 1.54) is 12.4 Å². The van der Waals surface area contributed by atoms with Crippen LogP contribution in [0.5, 0.6) is 0 Å². The van der Waals surface area contributed by atoms with E-state index >= 15 is 0 Å². The lowest BCUT2D eigenvalue weighted by Gasteiger charge is -2.18. The van der Waals surface area contributed by atoms with Gasteiger partial charge >= 0.3 is 0 Å². The molecule has 0 saturated carbocycles. The zero-order valence-corrected chi connectivity index (χ0v) is 15.0. The van der Waals surface area contributed by atoms with E-state index in [2.05, 4.69) is 20.3 Å². The molecule has 9 heteroatoms. The topological polar surface area (TPSA) is 55.6 Å². The first-order chi connectivity index (χ1) is 13.3. The first kappa shape index (κ1) is 18.1. The predicted molar refractivity (Wildman–Crippen MR) is 96.9 cm³/mol. The third-order valence-electron chi connectivity index (χ3n) is 4.57. The van der Waals surface area contributed by atoms with Crippen molar-refractivity contribution < 1.29 is 17.6 Å². The van der Waals surface area contributed by atoms with Gasteiger partial charge < -0.3 is 9.88 Å². The van der Waals surface area contributed by atoms with E-state index in [1.807, 2.05) is 0 Å². The lowest BCUT2D eigenvalue weighted by molar-refractivity contribution is 0.479. The van der Waals surface area contributed by atoms with Crippen molar-refractivity contribution in [3.8, 4) is 0 Å². The Labute approximate surface area is 157 Å². The van der Waals surface area contributed by atoms with E-state index in [0.29, 0.717) is 5.65 Å². The van der Waals surface area contributed by atoms with Crippen LogP contribution >= 0.6 is 0 Å². The standard InChI is InChI=1S/C19H15F4N5/c1-9-6-10(14(23)7-13(9)22)17-26-18(16-19(27-17)28(2)8-24-16)25-15-11(20)4-3-5-12(15)21/h3-5,7-9H,6H2,1-2H3,(H,25,26,27). The fourth-order valence-corrected chi connectivity index (χ4v) is 3.01. The van der Waals surface area contributed by atoms with Crippen LogP contribution in [-0.2, 0) is 7.05 Å². The molecule has 144 valence electrons. The smallest absolute Gasteiger partial charge is 0.165 e. The van der Waals surface area contributed by atoms with Crippen LogP contribution in [0.15, 0.2) is 42.3 Å². The summed E-state index contributed by atoms with van der Waals surface area (Å²) >= 11 is 0. The number of imidazole rings is 1. The van der Waals surface area contributed by atoms with Crippen LogP contribution in [0.4, 0.5) is 29.1 Å². The molecule has 2 aromatic heterocycles. The van der Waals surface area contributed by atoms with Gasteiger partial charge in [0.05, 0.1) is 6.33 Å². The maximum Gasteiger partial charge on any atom is 0.165 e. The number of aromatic nitrogens is 4. The van der Waals surface area contributed by atoms with Gasteiger partial charge in [-0.15, -0.1) is 0 Å². The number of fused-ring (bicyclic) bond motifs is 1. The van der Waals surface area contributed by atoms with Gasteiger partial charge in [-0.3, -0.25) is 0 Å². The maximum atomic E-state index is 14.4. The molecule has 1 aromatic carbocycles. The van der Waals surface area contributed by atoms with Crippen LogP contribution in [0, 0.1) is 17.6 Å². The first-order valence-corrected chi connectivity index (χ1v) is 8.51. The second-order valence-electron chi connectivity index (χ2n) is 6.61. The molecule has 0 radical (unpaired) electrons. The summed E-state index contributed by atoms with van der Waals surface area (Å²) in [6, 6.07) is 3.44. The molecule has 4 rings (SSSR count). The maximum absolute atomic E-state index is 14.4. The van der Waals surface area contributed by atoms with Gasteiger partial charge in [-0.2, -0.15) is 0 Å². The highest BCUT2D eigenvalue weighted by molar-refractivity contribution is 5.87. The summed E-state index contributed by atoms with van der Waals surface area (Å²) in [5.41, 5.74) is 0.318. The molecule has 1 unspecified atom stereocenters. The average Bonchev–Trinajstić information content (AvgIpc) is 3.02. The normalized spacial score (nSPS) is 17.2. The Hall–Kier alpha value is -3.23. The lowest BCUT2D eigenvalue weighted by atomic mass is 9.93. The highest BCUT2D eigenvalue weighted by Crippen LogP contribution is 2.36. The van der Waals surface area contributed by atoms with Crippen molar-refractivity contribution in [3.63, 3.8) is 0 Å². The molecule has 1 aliphatic rings. The molecular weight excluding hydrogens is 374 g/mol. The van der Waals surface area contributed by atoms with Gasteiger partial charge in [0.1, 0.15) is 29.0 Å². The molecule has 0 fully saturated rings. The number of rotatable bonds is 3. The fraction of sp³-hybridized carbons (Fsp3) is 0.211. The van der Waals surface area contributed by atoms with Gasteiger partial charge in [0.25, 0.3) is 0 Å². The van der Waals surface area contributed by atoms with E-state index in [0.717, 1.165) is 18.2 Å². The van der Waals surface area contributed by atoms with Gasteiger partial charge in [0, 0.05) is 24.6 Å². The molecule has 0 aliphatic heterocycles. The number of hydrogen-bond donors (Lipinski definition) is 1. The quantitative estimate of drug-likeness (QED) is 0.644. The van der Waals surface area contributed by atoms with Crippen molar-refractivity contribution in [2.75, 3.05) is 5.32 Å². The number of para-hydroxylation sites is 1. The number of nitrogens with zero attached hydrogens (tertiary/aromatic N) is 4. The van der Waals surface area contributed by atoms with Crippen molar-refractivity contribution in [1.82, 2.24) is 19.5 Å². The number of halogens is 4. The molecule has 1 N–H and O–H groups in total. The molecule has 0 amide bonds. The Bertz CT molecular complexity index is 1130. The van der Waals surface area contributed by atoms with Crippen molar-refractivity contribution in [2.45, 2.75) is 13.3 Å². The van der Waals surface area contributed by atoms with Crippen LogP contribution in [0.25, 0.3) is 16.7 Å². The molecule has 2 heterocycles. The zero-order chi connectivity index (χ0) is 20.0. The van der Waals surface area contributed by atoms with Crippen LogP contribution in [-0.4, -0.2) is 19.5 Å². The monoisotopic (exact) mass is 389 g/mol. The van der Waals surface area contributed by atoms with Gasteiger partial charge in [0.2, 0.25) is 0 Å². The van der Waals surface area contributed by atoms with Crippen LogP contribution in [0.1, 0.15) is 19.2 Å². The van der Waals surface area contributed by atoms with Gasteiger partial charge in [0.15, 0.2) is 22.8 Å². The Morgan fingerprint density at radius 1 is 1.11 bits per heavy atom. The van der Waals surface area contributed by atoms with E-state index < -0.39 is 34.9 Å². The van der Waals surface area contributed by atoms with Crippen LogP contribution in [0.3, 0.4) is 0 Å². The zero-order valence-electron chi connectivity index (χ0n) is 15.0. The average molecular weight is 389 g/mol. The Morgan fingerprint density at radius 2 is 1.82 bits per heavy atom. The summed E-state index contributed by atoms with van der Waals surface area (Å²) in [5.74, 6) is -3.47. The van der Waals surface area contributed by atoms with Crippen molar-refractivity contribution >= 4 is 28.2 Å². The summed E-state index contributed by atoms with van der Waals surface area (Å²) in [4.78, 5) is 12.7. The van der Waals surface area contributed by atoms with Gasteiger partial charge in [-0.25, -0.2) is 32.5 Å². The second-order valence-corrected chi connectivity index (χ2v) is 6.61. The number of anilines is 2. The Kier molecular flexibility index (Phi) is 4.37. The minimum atomic E-state index is -0.814. The van der Waals surface area contributed by atoms with E-state index in [-0.39, 0.29) is 29.2 Å². The highest BCUT2D eigenvalue weighted by Gasteiger charge is 2.25. The van der Waals surface area contributed by atoms with Gasteiger partial charge in [-0.05, 0) is 18.6 Å². The van der Waals surface area contributed by atoms with Crippen molar-refractivity contribution in [2.24, 2.45) is 13.0 Å². The molecule has 1 aliphatic carbocycles. The molecular formula is C19H15F4N5. The summed E-state index contributed by atoms with van der Waals surface area (Å²) in [7, 11) is 1.67. The predicted octanol–water partition coefficient (Wildman–Crippen LogP) is 4.96. The Balaban J connectivity index is 1.89. The molecule has 0 spiro atoms. The minimum Gasteiger partial charge on any atom is -0.333 e. The summed E-state index contributed by atoms with van der Waals surface area (Å²) in [5, 5.41) is 2.60. The van der Waals surface area contributed by atoms with Gasteiger partial charge in [-0.1, -0.05) is 13.0 Å². The highest BCUT2D eigenvalue weighted by atomic mass is 19.1. The molecule has 3 aromatic rings. The van der Waals surface area contributed by atoms with E-state index in [4.69, 9.17) is 0 Å². The summed E-state index contributed by atoms with van der Waals surface area (Å²) < 4.78 is 57.8. The summed E-state index contributed by atoms with van der Waals surface area (Å²) in [6.45, 7) is 1.62. The number of aryl methyl sites for hydroxylation is 1. The van der Waals surface area contributed by atoms with E-state index in [9.17, 15) is 17.6 Å². The second kappa shape index (κ2) is 6.74. The third-order valence-corrected chi connectivity index (χ3v) is 4.57.